The number of aryl methyl sites for hydroxylation is 1. The molecule has 0 aliphatic carbocycles. The molecule has 28 heavy (non-hydrogen) atoms. The highest BCUT2D eigenvalue weighted by Crippen LogP contribution is 2.21. The first-order valence-corrected chi connectivity index (χ1v) is 9.25. The molecule has 3 aromatic rings. The maximum atomic E-state index is 12.2. The Labute approximate surface area is 168 Å². The molecule has 0 saturated carbocycles. The van der Waals surface area contributed by atoms with Crippen molar-refractivity contribution >= 4 is 46.0 Å². The van der Waals surface area contributed by atoms with Gasteiger partial charge in [-0.05, 0) is 54.0 Å². The maximum Gasteiger partial charge on any atom is 0.331 e. The predicted molar refractivity (Wildman–Crippen MR) is 113 cm³/mol. The number of hydrogen-bond acceptors (Lipinski definition) is 3. The number of carbonyl (C=O) groups excluding carboxylic acids is 2. The van der Waals surface area contributed by atoms with E-state index in [1.165, 1.54) is 13.0 Å². The number of anilines is 1. The molecule has 0 unspecified atom stereocenters. The number of amides is 1. The number of rotatable bonds is 5. The van der Waals surface area contributed by atoms with Gasteiger partial charge in [0.2, 0.25) is 0 Å². The second kappa shape index (κ2) is 8.72. The number of hydrogen-bond donors (Lipinski definition) is 1. The van der Waals surface area contributed by atoms with E-state index in [2.05, 4.69) is 5.32 Å². The standard InChI is InChI=1S/C23H20ClNO3/c1-15-10-12-19(14-21(15)24)25-23(27)16(2)28-22(26)13-11-18-8-5-7-17-6-3-4-9-20(17)18/h3-14,16H,1-2H3,(H,25,27)/b13-11+/t16-/m0/s1. The van der Waals surface area contributed by atoms with E-state index in [0.29, 0.717) is 10.7 Å². The van der Waals surface area contributed by atoms with Crippen molar-refractivity contribution in [2.45, 2.75) is 20.0 Å². The minimum atomic E-state index is -0.940. The third-order valence-corrected chi connectivity index (χ3v) is 4.73. The maximum absolute atomic E-state index is 12.2. The zero-order valence-corrected chi connectivity index (χ0v) is 16.4. The molecule has 4 nitrogen and oxygen atoms in total. The second-order valence-corrected chi connectivity index (χ2v) is 6.84. The number of halogens is 1. The van der Waals surface area contributed by atoms with Crippen LogP contribution in [0.5, 0.6) is 0 Å². The molecular weight excluding hydrogens is 374 g/mol. The van der Waals surface area contributed by atoms with Gasteiger partial charge in [-0.3, -0.25) is 4.79 Å². The molecule has 0 aromatic heterocycles. The summed E-state index contributed by atoms with van der Waals surface area (Å²) in [5.74, 6) is -1.01. The van der Waals surface area contributed by atoms with Gasteiger partial charge in [-0.1, -0.05) is 60.1 Å². The van der Waals surface area contributed by atoms with Crippen LogP contribution in [0.2, 0.25) is 5.02 Å². The SMILES string of the molecule is Cc1ccc(NC(=O)[C@H](C)OC(=O)/C=C/c2cccc3ccccc23)cc1Cl. The fourth-order valence-electron chi connectivity index (χ4n) is 2.74. The Morgan fingerprint density at radius 1 is 1.07 bits per heavy atom. The van der Waals surface area contributed by atoms with Gasteiger partial charge in [0.1, 0.15) is 0 Å². The van der Waals surface area contributed by atoms with E-state index in [1.807, 2.05) is 55.5 Å². The van der Waals surface area contributed by atoms with Crippen molar-refractivity contribution < 1.29 is 14.3 Å². The summed E-state index contributed by atoms with van der Waals surface area (Å²) < 4.78 is 5.20. The summed E-state index contributed by atoms with van der Waals surface area (Å²) >= 11 is 6.06. The molecule has 0 aliphatic rings. The lowest BCUT2D eigenvalue weighted by Gasteiger charge is -2.13. The third kappa shape index (κ3) is 4.78. The topological polar surface area (TPSA) is 55.4 Å². The highest BCUT2D eigenvalue weighted by atomic mass is 35.5. The number of benzene rings is 3. The Hall–Kier alpha value is -3.11. The quantitative estimate of drug-likeness (QED) is 0.467. The predicted octanol–water partition coefficient (Wildman–Crippen LogP) is 5.39. The molecule has 3 rings (SSSR count). The average Bonchev–Trinajstić information content (AvgIpc) is 2.69. The summed E-state index contributed by atoms with van der Waals surface area (Å²) in [7, 11) is 0. The zero-order valence-electron chi connectivity index (χ0n) is 15.6. The van der Waals surface area contributed by atoms with Crippen molar-refractivity contribution in [3.63, 3.8) is 0 Å². The number of fused-ring (bicyclic) bond motifs is 1. The summed E-state index contributed by atoms with van der Waals surface area (Å²) in [4.78, 5) is 24.3. The Bertz CT molecular complexity index is 1050. The molecule has 0 radical (unpaired) electrons. The molecule has 1 amide bonds. The van der Waals surface area contributed by atoms with Crippen molar-refractivity contribution in [1.82, 2.24) is 0 Å². The van der Waals surface area contributed by atoms with Gasteiger partial charge < -0.3 is 10.1 Å². The van der Waals surface area contributed by atoms with Gasteiger partial charge in [-0.2, -0.15) is 0 Å². The highest BCUT2D eigenvalue weighted by Gasteiger charge is 2.17. The van der Waals surface area contributed by atoms with E-state index in [1.54, 1.807) is 18.2 Å². The molecule has 3 aromatic carbocycles. The van der Waals surface area contributed by atoms with Crippen LogP contribution in [0.1, 0.15) is 18.1 Å². The van der Waals surface area contributed by atoms with Crippen molar-refractivity contribution in [1.29, 1.82) is 0 Å². The first-order valence-electron chi connectivity index (χ1n) is 8.87. The van der Waals surface area contributed by atoms with E-state index < -0.39 is 18.0 Å². The molecule has 0 heterocycles. The molecule has 0 aliphatic heterocycles. The summed E-state index contributed by atoms with van der Waals surface area (Å²) in [6.07, 6.45) is 2.08. The molecule has 1 atom stereocenters. The van der Waals surface area contributed by atoms with Gasteiger partial charge in [-0.25, -0.2) is 4.79 Å². The van der Waals surface area contributed by atoms with Gasteiger partial charge in [0.15, 0.2) is 6.10 Å². The summed E-state index contributed by atoms with van der Waals surface area (Å²) in [6, 6.07) is 19.0. The van der Waals surface area contributed by atoms with Gasteiger partial charge >= 0.3 is 5.97 Å². The lowest BCUT2D eigenvalue weighted by molar-refractivity contribution is -0.148. The zero-order chi connectivity index (χ0) is 20.1. The third-order valence-electron chi connectivity index (χ3n) is 4.32. The smallest absolute Gasteiger partial charge is 0.331 e. The van der Waals surface area contributed by atoms with Crippen LogP contribution < -0.4 is 5.32 Å². The van der Waals surface area contributed by atoms with Crippen molar-refractivity contribution in [2.24, 2.45) is 0 Å². The molecule has 0 bridgehead atoms. The van der Waals surface area contributed by atoms with E-state index in [9.17, 15) is 9.59 Å². The largest absolute Gasteiger partial charge is 0.449 e. The van der Waals surface area contributed by atoms with Gasteiger partial charge in [0, 0.05) is 16.8 Å². The first-order chi connectivity index (χ1) is 13.4. The van der Waals surface area contributed by atoms with Crippen LogP contribution in [0.4, 0.5) is 5.69 Å². The van der Waals surface area contributed by atoms with Crippen molar-refractivity contribution in [2.75, 3.05) is 5.32 Å². The van der Waals surface area contributed by atoms with E-state index in [0.717, 1.165) is 21.9 Å². The van der Waals surface area contributed by atoms with Crippen LogP contribution >= 0.6 is 11.6 Å². The number of ether oxygens (including phenoxy) is 1. The fraction of sp³-hybridized carbons (Fsp3) is 0.130. The summed E-state index contributed by atoms with van der Waals surface area (Å²) in [6.45, 7) is 3.40. The van der Waals surface area contributed by atoms with Crippen molar-refractivity contribution in [3.8, 4) is 0 Å². The number of carbonyl (C=O) groups is 2. The summed E-state index contributed by atoms with van der Waals surface area (Å²) in [5.41, 5.74) is 2.37. The van der Waals surface area contributed by atoms with Crippen LogP contribution in [-0.4, -0.2) is 18.0 Å². The minimum Gasteiger partial charge on any atom is -0.449 e. The normalized spacial score (nSPS) is 12.1. The Balaban J connectivity index is 1.62. The monoisotopic (exact) mass is 393 g/mol. The van der Waals surface area contributed by atoms with Gasteiger partial charge in [-0.15, -0.1) is 0 Å². The van der Waals surface area contributed by atoms with Crippen LogP contribution in [0.25, 0.3) is 16.8 Å². The molecule has 142 valence electrons. The van der Waals surface area contributed by atoms with Crippen LogP contribution in [0.15, 0.2) is 66.7 Å². The lowest BCUT2D eigenvalue weighted by atomic mass is 10.0. The summed E-state index contributed by atoms with van der Waals surface area (Å²) in [5, 5.41) is 5.37. The van der Waals surface area contributed by atoms with E-state index in [-0.39, 0.29) is 0 Å². The number of nitrogens with one attached hydrogen (secondary N) is 1. The molecule has 0 saturated heterocycles. The fourth-order valence-corrected chi connectivity index (χ4v) is 2.92. The Kier molecular flexibility index (Phi) is 6.12. The molecule has 0 spiro atoms. The molecule has 1 N–H and O–H groups in total. The van der Waals surface area contributed by atoms with Crippen LogP contribution in [0, 0.1) is 6.92 Å². The first kappa shape index (κ1) is 19.6. The average molecular weight is 394 g/mol. The Morgan fingerprint density at radius 2 is 1.82 bits per heavy atom. The van der Waals surface area contributed by atoms with Gasteiger partial charge in [0.25, 0.3) is 5.91 Å². The molecule has 5 heteroatoms. The van der Waals surface area contributed by atoms with Gasteiger partial charge in [0.05, 0.1) is 0 Å². The lowest BCUT2D eigenvalue weighted by Crippen LogP contribution is -2.29. The van der Waals surface area contributed by atoms with Crippen LogP contribution in [0.3, 0.4) is 0 Å². The van der Waals surface area contributed by atoms with Crippen LogP contribution in [-0.2, 0) is 14.3 Å². The minimum absolute atomic E-state index is 0.424. The van der Waals surface area contributed by atoms with E-state index >= 15 is 0 Å². The molecule has 0 fully saturated rings. The Morgan fingerprint density at radius 3 is 2.61 bits per heavy atom. The van der Waals surface area contributed by atoms with Crippen molar-refractivity contribution in [3.05, 3.63) is 82.9 Å². The second-order valence-electron chi connectivity index (χ2n) is 6.43. The molecular formula is C23H20ClNO3. The number of esters is 1. The van der Waals surface area contributed by atoms with E-state index in [4.69, 9.17) is 16.3 Å². The highest BCUT2D eigenvalue weighted by molar-refractivity contribution is 6.31.